The van der Waals surface area contributed by atoms with E-state index < -0.39 is 0 Å². The molecule has 4 nitrogen and oxygen atoms in total. The fraction of sp³-hybridized carbons (Fsp3) is 0.783. The number of piperazine rings is 1. The van der Waals surface area contributed by atoms with Gasteiger partial charge in [-0.2, -0.15) is 0 Å². The Morgan fingerprint density at radius 3 is 2.52 bits per heavy atom. The van der Waals surface area contributed by atoms with Crippen LogP contribution in [0.5, 0.6) is 0 Å². The summed E-state index contributed by atoms with van der Waals surface area (Å²) in [7, 11) is 0. The molecule has 0 saturated carbocycles. The van der Waals surface area contributed by atoms with Gasteiger partial charge in [0.1, 0.15) is 0 Å². The van der Waals surface area contributed by atoms with E-state index >= 15 is 0 Å². The van der Waals surface area contributed by atoms with Gasteiger partial charge in [0.25, 0.3) is 0 Å². The third kappa shape index (κ3) is 3.09. The molecular formula is C23H38N4. The van der Waals surface area contributed by atoms with Crippen LogP contribution in [0.25, 0.3) is 0 Å². The lowest BCUT2D eigenvalue weighted by Gasteiger charge is -2.57. The fourth-order valence-corrected chi connectivity index (χ4v) is 6.26. The van der Waals surface area contributed by atoms with Crippen LogP contribution >= 0.6 is 0 Å². The van der Waals surface area contributed by atoms with Crippen LogP contribution in [0.15, 0.2) is 28.5 Å². The van der Waals surface area contributed by atoms with Gasteiger partial charge in [-0.3, -0.25) is 14.8 Å². The van der Waals surface area contributed by atoms with E-state index in [-0.39, 0.29) is 5.54 Å². The first-order chi connectivity index (χ1) is 12.9. The highest BCUT2D eigenvalue weighted by molar-refractivity contribution is 5.99. The average molecular weight is 371 g/mol. The van der Waals surface area contributed by atoms with Crippen LogP contribution in [0.2, 0.25) is 0 Å². The molecule has 0 spiro atoms. The zero-order valence-corrected chi connectivity index (χ0v) is 18.1. The molecule has 27 heavy (non-hydrogen) atoms. The van der Waals surface area contributed by atoms with E-state index in [1.54, 1.807) is 0 Å². The molecule has 0 aliphatic carbocycles. The monoisotopic (exact) mass is 370 g/mol. The molecule has 4 atom stereocenters. The molecule has 5 saturated heterocycles. The summed E-state index contributed by atoms with van der Waals surface area (Å²) in [6.07, 6.45) is 5.14. The summed E-state index contributed by atoms with van der Waals surface area (Å²) in [5.74, 6) is 0.762. The van der Waals surface area contributed by atoms with Crippen LogP contribution in [-0.4, -0.2) is 70.8 Å². The predicted molar refractivity (Wildman–Crippen MR) is 114 cm³/mol. The molecular weight excluding hydrogens is 332 g/mol. The quantitative estimate of drug-likeness (QED) is 0.685. The summed E-state index contributed by atoms with van der Waals surface area (Å²) in [5, 5.41) is 0. The van der Waals surface area contributed by atoms with Crippen LogP contribution in [0.3, 0.4) is 0 Å². The Morgan fingerprint density at radius 1 is 1.15 bits per heavy atom. The molecule has 0 amide bonds. The summed E-state index contributed by atoms with van der Waals surface area (Å²) in [5.41, 5.74) is 5.16. The van der Waals surface area contributed by atoms with Gasteiger partial charge in [-0.05, 0) is 71.0 Å². The molecule has 0 aromatic rings. The Hall–Kier alpha value is -1.13. The molecule has 4 unspecified atom stereocenters. The molecule has 5 rings (SSSR count). The molecule has 5 heterocycles. The van der Waals surface area contributed by atoms with Crippen LogP contribution in [0.1, 0.15) is 60.3 Å². The number of piperidine rings is 1. The number of aliphatic imine (C=N–C) groups is 1. The van der Waals surface area contributed by atoms with Crippen LogP contribution < -0.4 is 0 Å². The van der Waals surface area contributed by atoms with Crippen molar-refractivity contribution < 1.29 is 0 Å². The van der Waals surface area contributed by atoms with Crippen molar-refractivity contribution in [2.24, 2.45) is 10.9 Å². The average Bonchev–Trinajstić information content (AvgIpc) is 3.17. The minimum absolute atomic E-state index is 0.142. The van der Waals surface area contributed by atoms with E-state index in [2.05, 4.69) is 55.9 Å². The zero-order chi connectivity index (χ0) is 19.3. The highest BCUT2D eigenvalue weighted by Gasteiger charge is 2.49. The van der Waals surface area contributed by atoms with E-state index in [0.29, 0.717) is 0 Å². The Morgan fingerprint density at radius 2 is 1.85 bits per heavy atom. The number of allylic oxidation sites excluding steroid dienone is 2. The molecule has 150 valence electrons. The van der Waals surface area contributed by atoms with Gasteiger partial charge in [-0.25, -0.2) is 0 Å². The Kier molecular flexibility index (Phi) is 5.00. The van der Waals surface area contributed by atoms with Crippen molar-refractivity contribution in [2.45, 2.75) is 77.9 Å². The Bertz CT molecular complexity index is 666. The summed E-state index contributed by atoms with van der Waals surface area (Å²) in [6, 6.07) is 1.52. The number of hydrogen-bond donors (Lipinski definition) is 0. The second kappa shape index (κ2) is 7.04. The minimum Gasteiger partial charge on any atom is -0.372 e. The van der Waals surface area contributed by atoms with Crippen molar-refractivity contribution in [3.05, 3.63) is 23.5 Å². The summed E-state index contributed by atoms with van der Waals surface area (Å²) < 4.78 is 0. The predicted octanol–water partition coefficient (Wildman–Crippen LogP) is 3.91. The van der Waals surface area contributed by atoms with E-state index in [1.807, 2.05) is 0 Å². The largest absolute Gasteiger partial charge is 0.372 e. The van der Waals surface area contributed by atoms with Crippen LogP contribution in [0.4, 0.5) is 0 Å². The number of likely N-dealkylation sites (N-methyl/N-ethyl adjacent to an activating group) is 1. The van der Waals surface area contributed by atoms with E-state index in [1.165, 1.54) is 69.7 Å². The molecule has 0 N–H and O–H groups in total. The van der Waals surface area contributed by atoms with Gasteiger partial charge in [0, 0.05) is 43.1 Å². The van der Waals surface area contributed by atoms with Gasteiger partial charge < -0.3 is 4.90 Å². The first-order valence-corrected chi connectivity index (χ1v) is 11.0. The summed E-state index contributed by atoms with van der Waals surface area (Å²) >= 11 is 0. The van der Waals surface area contributed by atoms with Crippen LogP contribution in [0, 0.1) is 5.92 Å². The SMILES string of the molecule is C=C(N=C(C)/C(C)=C(\C)N1CC2CC(C1)N2CC)C12CCCN1CC(C)C2. The van der Waals surface area contributed by atoms with Crippen molar-refractivity contribution in [1.29, 1.82) is 0 Å². The van der Waals surface area contributed by atoms with E-state index in [4.69, 9.17) is 4.99 Å². The highest BCUT2D eigenvalue weighted by atomic mass is 15.4. The molecule has 4 heteroatoms. The molecule has 0 aromatic heterocycles. The van der Waals surface area contributed by atoms with Crippen molar-refractivity contribution in [3.63, 3.8) is 0 Å². The third-order valence-corrected chi connectivity index (χ3v) is 7.95. The molecule has 0 aromatic carbocycles. The summed E-state index contributed by atoms with van der Waals surface area (Å²) in [4.78, 5) is 13.0. The van der Waals surface area contributed by atoms with Gasteiger partial charge >= 0.3 is 0 Å². The van der Waals surface area contributed by atoms with Crippen molar-refractivity contribution in [1.82, 2.24) is 14.7 Å². The first-order valence-electron chi connectivity index (χ1n) is 11.0. The van der Waals surface area contributed by atoms with Gasteiger partial charge in [-0.1, -0.05) is 20.4 Å². The second-order valence-electron chi connectivity index (χ2n) is 9.52. The highest BCUT2D eigenvalue weighted by Crippen LogP contribution is 2.46. The summed E-state index contributed by atoms with van der Waals surface area (Å²) in [6.45, 7) is 21.8. The Balaban J connectivity index is 1.49. The van der Waals surface area contributed by atoms with Gasteiger partial charge in [0.2, 0.25) is 0 Å². The van der Waals surface area contributed by atoms with Gasteiger partial charge in [0.15, 0.2) is 0 Å². The number of hydrogen-bond acceptors (Lipinski definition) is 4. The maximum absolute atomic E-state index is 5.09. The lowest BCUT2D eigenvalue weighted by molar-refractivity contribution is -0.0541. The third-order valence-electron chi connectivity index (χ3n) is 7.95. The number of fused-ring (bicyclic) bond motifs is 3. The minimum atomic E-state index is 0.142. The maximum atomic E-state index is 5.09. The standard InChI is InChI=1S/C23H38N4/c1-7-27-21-11-22(27)15-25(14-21)19(5)17(3)18(4)24-20(6)23-9-8-10-26(23)13-16(2)12-23/h16,21-22H,6-15H2,1-5H3/b19-17+,24-18?. The lowest BCUT2D eigenvalue weighted by atomic mass is 9.87. The van der Waals surface area contributed by atoms with Gasteiger partial charge in [-0.15, -0.1) is 0 Å². The first kappa shape index (κ1) is 19.2. The smallest absolute Gasteiger partial charge is 0.0631 e. The molecule has 5 aliphatic rings. The molecule has 0 radical (unpaired) electrons. The zero-order valence-electron chi connectivity index (χ0n) is 18.1. The van der Waals surface area contributed by atoms with Crippen molar-refractivity contribution in [3.8, 4) is 0 Å². The number of rotatable bonds is 5. The van der Waals surface area contributed by atoms with E-state index in [0.717, 1.165) is 29.4 Å². The van der Waals surface area contributed by atoms with Crippen molar-refractivity contribution in [2.75, 3.05) is 32.7 Å². The van der Waals surface area contributed by atoms with Crippen molar-refractivity contribution >= 4 is 5.71 Å². The molecule has 5 fully saturated rings. The Labute approximate surface area is 166 Å². The van der Waals surface area contributed by atoms with Crippen LogP contribution in [-0.2, 0) is 0 Å². The maximum Gasteiger partial charge on any atom is 0.0631 e. The number of nitrogens with zero attached hydrogens (tertiary/aromatic N) is 4. The van der Waals surface area contributed by atoms with Gasteiger partial charge in [0.05, 0.1) is 11.2 Å². The normalized spacial score (nSPS) is 37.9. The fourth-order valence-electron chi connectivity index (χ4n) is 6.26. The van der Waals surface area contributed by atoms with E-state index in [9.17, 15) is 0 Å². The molecule has 5 aliphatic heterocycles. The second-order valence-corrected chi connectivity index (χ2v) is 9.52. The lowest BCUT2D eigenvalue weighted by Crippen LogP contribution is -2.68. The molecule has 2 bridgehead atoms. The topological polar surface area (TPSA) is 22.1 Å².